The van der Waals surface area contributed by atoms with Crippen LogP contribution in [0.1, 0.15) is 29.2 Å². The van der Waals surface area contributed by atoms with Crippen LogP contribution in [-0.4, -0.2) is 55.3 Å². The lowest BCUT2D eigenvalue weighted by Gasteiger charge is -2.26. The van der Waals surface area contributed by atoms with Crippen LogP contribution < -0.4 is 4.90 Å². The Kier molecular flexibility index (Phi) is 6.00. The molecule has 25 heavy (non-hydrogen) atoms. The van der Waals surface area contributed by atoms with Gasteiger partial charge in [-0.3, -0.25) is 0 Å². The Morgan fingerprint density at radius 2 is 1.92 bits per heavy atom. The molecule has 1 aromatic heterocycles. The van der Waals surface area contributed by atoms with E-state index in [-0.39, 0.29) is 0 Å². The van der Waals surface area contributed by atoms with Gasteiger partial charge in [0.05, 0.1) is 12.3 Å². The minimum atomic E-state index is 0.400. The second kappa shape index (κ2) is 8.41. The van der Waals surface area contributed by atoms with E-state index in [0.29, 0.717) is 5.92 Å². The van der Waals surface area contributed by atoms with Crippen molar-refractivity contribution < 1.29 is 4.74 Å². The highest BCUT2D eigenvalue weighted by Crippen LogP contribution is 2.26. The lowest BCUT2D eigenvalue weighted by Crippen LogP contribution is -2.32. The molecule has 3 rings (SSSR count). The highest BCUT2D eigenvalue weighted by Gasteiger charge is 2.20. The van der Waals surface area contributed by atoms with Crippen LogP contribution in [0.4, 0.5) is 5.82 Å². The summed E-state index contributed by atoms with van der Waals surface area (Å²) in [4.78, 5) is 13.6. The first kappa shape index (κ1) is 17.8. The van der Waals surface area contributed by atoms with Crippen molar-refractivity contribution in [2.75, 3.05) is 45.3 Å². The predicted molar refractivity (Wildman–Crippen MR) is 101 cm³/mol. The third-order valence-corrected chi connectivity index (χ3v) is 4.66. The zero-order chi connectivity index (χ0) is 17.6. The smallest absolute Gasteiger partial charge is 0.132 e. The summed E-state index contributed by atoms with van der Waals surface area (Å²) in [6.07, 6.45) is 2.74. The van der Waals surface area contributed by atoms with Gasteiger partial charge in [-0.15, -0.1) is 0 Å². The SMILES string of the molecule is Cc1ccc(CN(CCN(C)C)c2cc(C3CCOC3)ncn2)cc1. The van der Waals surface area contributed by atoms with Crippen molar-refractivity contribution in [2.45, 2.75) is 25.8 Å². The number of nitrogens with zero attached hydrogens (tertiary/aromatic N) is 4. The fourth-order valence-corrected chi connectivity index (χ4v) is 3.03. The zero-order valence-corrected chi connectivity index (χ0v) is 15.5. The number of hydrogen-bond donors (Lipinski definition) is 0. The second-order valence-electron chi connectivity index (χ2n) is 7.07. The summed E-state index contributed by atoms with van der Waals surface area (Å²) < 4.78 is 5.52. The number of rotatable bonds is 7. The molecular weight excluding hydrogens is 312 g/mol. The molecule has 0 saturated carbocycles. The molecule has 1 aromatic carbocycles. The van der Waals surface area contributed by atoms with Gasteiger partial charge in [-0.05, 0) is 33.0 Å². The van der Waals surface area contributed by atoms with Gasteiger partial charge in [0.2, 0.25) is 0 Å². The molecule has 0 radical (unpaired) electrons. The summed E-state index contributed by atoms with van der Waals surface area (Å²) in [7, 11) is 4.21. The maximum atomic E-state index is 5.52. The van der Waals surface area contributed by atoms with Crippen LogP contribution in [0.2, 0.25) is 0 Å². The van der Waals surface area contributed by atoms with E-state index in [4.69, 9.17) is 4.74 Å². The van der Waals surface area contributed by atoms with E-state index in [0.717, 1.165) is 50.8 Å². The average Bonchev–Trinajstić information content (AvgIpc) is 3.15. The Labute approximate surface area is 150 Å². The quantitative estimate of drug-likeness (QED) is 0.775. The second-order valence-corrected chi connectivity index (χ2v) is 7.07. The van der Waals surface area contributed by atoms with Gasteiger partial charge in [-0.1, -0.05) is 29.8 Å². The summed E-state index contributed by atoms with van der Waals surface area (Å²) in [5.41, 5.74) is 3.68. The van der Waals surface area contributed by atoms with Gasteiger partial charge in [0.15, 0.2) is 0 Å². The number of aryl methyl sites for hydroxylation is 1. The van der Waals surface area contributed by atoms with Gasteiger partial charge in [0.1, 0.15) is 12.1 Å². The molecule has 1 fully saturated rings. The van der Waals surface area contributed by atoms with Gasteiger partial charge < -0.3 is 14.5 Å². The molecule has 1 saturated heterocycles. The van der Waals surface area contributed by atoms with Crippen molar-refractivity contribution in [3.05, 3.63) is 53.5 Å². The Balaban J connectivity index is 1.80. The Bertz CT molecular complexity index is 666. The first-order valence-corrected chi connectivity index (χ1v) is 8.97. The van der Waals surface area contributed by atoms with E-state index in [1.807, 2.05) is 0 Å². The van der Waals surface area contributed by atoms with Crippen molar-refractivity contribution in [3.8, 4) is 0 Å². The van der Waals surface area contributed by atoms with E-state index in [1.54, 1.807) is 6.33 Å². The van der Waals surface area contributed by atoms with Crippen molar-refractivity contribution in [1.29, 1.82) is 0 Å². The summed E-state index contributed by atoms with van der Waals surface area (Å²) >= 11 is 0. The first-order valence-electron chi connectivity index (χ1n) is 8.97. The molecule has 2 aromatic rings. The lowest BCUT2D eigenvalue weighted by atomic mass is 10.0. The van der Waals surface area contributed by atoms with Crippen LogP contribution in [-0.2, 0) is 11.3 Å². The molecule has 0 aliphatic carbocycles. The largest absolute Gasteiger partial charge is 0.381 e. The van der Waals surface area contributed by atoms with Crippen molar-refractivity contribution in [3.63, 3.8) is 0 Å². The zero-order valence-electron chi connectivity index (χ0n) is 15.5. The number of benzene rings is 1. The van der Waals surface area contributed by atoms with Gasteiger partial charge in [-0.25, -0.2) is 9.97 Å². The number of aromatic nitrogens is 2. The minimum absolute atomic E-state index is 0.400. The molecule has 2 heterocycles. The molecule has 1 atom stereocenters. The summed E-state index contributed by atoms with van der Waals surface area (Å²) in [5.74, 6) is 1.40. The monoisotopic (exact) mass is 340 g/mol. The maximum Gasteiger partial charge on any atom is 0.132 e. The van der Waals surface area contributed by atoms with E-state index in [9.17, 15) is 0 Å². The standard InChI is InChI=1S/C20H28N4O/c1-16-4-6-17(7-5-16)13-24(10-9-23(2)3)20-12-19(21-15-22-20)18-8-11-25-14-18/h4-7,12,15,18H,8-11,13-14H2,1-3H3. The summed E-state index contributed by atoms with van der Waals surface area (Å²) in [5, 5.41) is 0. The fraction of sp³-hybridized carbons (Fsp3) is 0.500. The van der Waals surface area contributed by atoms with Crippen molar-refractivity contribution >= 4 is 5.82 Å². The highest BCUT2D eigenvalue weighted by atomic mass is 16.5. The predicted octanol–water partition coefficient (Wildman–Crippen LogP) is 2.86. The molecule has 1 aliphatic rings. The average molecular weight is 340 g/mol. The number of hydrogen-bond acceptors (Lipinski definition) is 5. The highest BCUT2D eigenvalue weighted by molar-refractivity contribution is 5.41. The molecular formula is C20H28N4O. The van der Waals surface area contributed by atoms with Gasteiger partial charge in [-0.2, -0.15) is 0 Å². The molecule has 1 aliphatic heterocycles. The van der Waals surface area contributed by atoms with Crippen LogP contribution in [0.5, 0.6) is 0 Å². The van der Waals surface area contributed by atoms with Crippen molar-refractivity contribution in [1.82, 2.24) is 14.9 Å². The van der Waals surface area contributed by atoms with Crippen LogP contribution in [0, 0.1) is 6.92 Å². The topological polar surface area (TPSA) is 41.5 Å². The van der Waals surface area contributed by atoms with E-state index in [1.165, 1.54) is 11.1 Å². The number of ether oxygens (including phenoxy) is 1. The Morgan fingerprint density at radius 3 is 2.60 bits per heavy atom. The summed E-state index contributed by atoms with van der Waals surface area (Å²) in [6, 6.07) is 10.9. The third kappa shape index (κ3) is 5.00. The molecule has 0 spiro atoms. The fourth-order valence-electron chi connectivity index (χ4n) is 3.03. The first-order chi connectivity index (χ1) is 12.1. The normalized spacial score (nSPS) is 17.2. The van der Waals surface area contributed by atoms with E-state index in [2.05, 4.69) is 71.1 Å². The molecule has 134 valence electrons. The van der Waals surface area contributed by atoms with Crippen molar-refractivity contribution in [2.24, 2.45) is 0 Å². The van der Waals surface area contributed by atoms with Crippen LogP contribution in [0.15, 0.2) is 36.7 Å². The minimum Gasteiger partial charge on any atom is -0.381 e. The van der Waals surface area contributed by atoms with Crippen LogP contribution in [0.25, 0.3) is 0 Å². The molecule has 5 heteroatoms. The third-order valence-electron chi connectivity index (χ3n) is 4.66. The van der Waals surface area contributed by atoms with E-state index >= 15 is 0 Å². The molecule has 0 bridgehead atoms. The molecule has 1 unspecified atom stereocenters. The van der Waals surface area contributed by atoms with E-state index < -0.39 is 0 Å². The maximum absolute atomic E-state index is 5.52. The summed E-state index contributed by atoms with van der Waals surface area (Å²) in [6.45, 7) is 6.49. The number of likely N-dealkylation sites (N-methyl/N-ethyl adjacent to an activating group) is 1. The lowest BCUT2D eigenvalue weighted by molar-refractivity contribution is 0.193. The molecule has 0 amide bonds. The molecule has 5 nitrogen and oxygen atoms in total. The number of anilines is 1. The Morgan fingerprint density at radius 1 is 1.12 bits per heavy atom. The van der Waals surface area contributed by atoms with Gasteiger partial charge in [0, 0.05) is 38.2 Å². The van der Waals surface area contributed by atoms with Crippen LogP contribution in [0.3, 0.4) is 0 Å². The van der Waals surface area contributed by atoms with Gasteiger partial charge in [0.25, 0.3) is 0 Å². The van der Waals surface area contributed by atoms with Gasteiger partial charge >= 0.3 is 0 Å². The van der Waals surface area contributed by atoms with Crippen LogP contribution >= 0.6 is 0 Å². The molecule has 0 N–H and O–H groups in total. The Hall–Kier alpha value is -1.98.